The number of nitrogens with two attached hydrogens (primary N) is 1. The van der Waals surface area contributed by atoms with E-state index in [0.29, 0.717) is 5.82 Å². The number of nitrogen functional groups attached to an aromatic ring is 1. The number of piperidine rings is 1. The van der Waals surface area contributed by atoms with Crippen LogP contribution in [0, 0.1) is 5.92 Å². The summed E-state index contributed by atoms with van der Waals surface area (Å²) in [4.78, 5) is 10.9. The van der Waals surface area contributed by atoms with Crippen molar-refractivity contribution in [3.8, 4) is 0 Å². The fourth-order valence-electron chi connectivity index (χ4n) is 2.53. The number of rotatable bonds is 5. The Morgan fingerprint density at radius 2 is 2.00 bits per heavy atom. The summed E-state index contributed by atoms with van der Waals surface area (Å²) >= 11 is 0. The molecule has 0 spiro atoms. The molecular formula is C13H24N6. The van der Waals surface area contributed by atoms with E-state index in [1.54, 1.807) is 6.33 Å². The Kier molecular flexibility index (Phi) is 4.93. The molecule has 6 heteroatoms. The molecule has 1 fully saturated rings. The van der Waals surface area contributed by atoms with Crippen molar-refractivity contribution in [2.45, 2.75) is 26.2 Å². The predicted molar refractivity (Wildman–Crippen MR) is 77.9 cm³/mol. The standard InChI is InChI=1S/C13H24N6/c1-3-11-12(16-9-17-13(11)18-14)15-8-10-4-6-19(2)7-5-10/h9-10H,3-8,14H2,1-2H3,(H2,15,16,17,18). The molecule has 2 heterocycles. The zero-order chi connectivity index (χ0) is 13.7. The molecule has 0 aliphatic carbocycles. The SMILES string of the molecule is CCc1c(NN)ncnc1NCC1CCN(C)CC1. The molecule has 2 rings (SSSR count). The highest BCUT2D eigenvalue weighted by molar-refractivity contribution is 5.56. The van der Waals surface area contributed by atoms with Gasteiger partial charge >= 0.3 is 0 Å². The summed E-state index contributed by atoms with van der Waals surface area (Å²) in [6.07, 6.45) is 4.90. The molecule has 0 aromatic carbocycles. The second kappa shape index (κ2) is 6.68. The van der Waals surface area contributed by atoms with Crippen molar-refractivity contribution in [1.29, 1.82) is 0 Å². The van der Waals surface area contributed by atoms with Gasteiger partial charge in [-0.1, -0.05) is 6.92 Å². The molecular weight excluding hydrogens is 240 g/mol. The molecule has 0 radical (unpaired) electrons. The summed E-state index contributed by atoms with van der Waals surface area (Å²) in [6.45, 7) is 5.43. The van der Waals surface area contributed by atoms with Gasteiger partial charge < -0.3 is 15.6 Å². The van der Waals surface area contributed by atoms with Crippen LogP contribution in [0.1, 0.15) is 25.3 Å². The lowest BCUT2D eigenvalue weighted by molar-refractivity contribution is 0.226. The van der Waals surface area contributed by atoms with Gasteiger partial charge in [0.25, 0.3) is 0 Å². The Hall–Kier alpha value is -1.40. The van der Waals surface area contributed by atoms with Gasteiger partial charge in [0, 0.05) is 12.1 Å². The van der Waals surface area contributed by atoms with Crippen LogP contribution in [0.5, 0.6) is 0 Å². The molecule has 106 valence electrons. The normalized spacial score (nSPS) is 17.4. The predicted octanol–water partition coefficient (Wildman–Crippen LogP) is 1.08. The molecule has 6 nitrogen and oxygen atoms in total. The van der Waals surface area contributed by atoms with E-state index in [-0.39, 0.29) is 0 Å². The number of anilines is 2. The highest BCUT2D eigenvalue weighted by Crippen LogP contribution is 2.21. The Morgan fingerprint density at radius 3 is 2.63 bits per heavy atom. The molecule has 1 aliphatic rings. The van der Waals surface area contributed by atoms with Gasteiger partial charge in [0.2, 0.25) is 0 Å². The Balaban J connectivity index is 1.95. The minimum Gasteiger partial charge on any atom is -0.369 e. The topological polar surface area (TPSA) is 79.1 Å². The van der Waals surface area contributed by atoms with Gasteiger partial charge in [-0.3, -0.25) is 0 Å². The van der Waals surface area contributed by atoms with E-state index in [1.165, 1.54) is 25.9 Å². The monoisotopic (exact) mass is 264 g/mol. The lowest BCUT2D eigenvalue weighted by Crippen LogP contribution is -2.33. The molecule has 0 saturated carbocycles. The molecule has 0 atom stereocenters. The van der Waals surface area contributed by atoms with Gasteiger partial charge in [0.1, 0.15) is 18.0 Å². The van der Waals surface area contributed by atoms with Gasteiger partial charge in [-0.25, -0.2) is 15.8 Å². The number of nitrogens with one attached hydrogen (secondary N) is 2. The van der Waals surface area contributed by atoms with Crippen LogP contribution in [-0.2, 0) is 6.42 Å². The maximum absolute atomic E-state index is 5.48. The number of aromatic nitrogens is 2. The molecule has 19 heavy (non-hydrogen) atoms. The second-order valence-corrected chi connectivity index (χ2v) is 5.17. The van der Waals surface area contributed by atoms with E-state index >= 15 is 0 Å². The fourth-order valence-corrected chi connectivity index (χ4v) is 2.53. The maximum Gasteiger partial charge on any atom is 0.148 e. The summed E-state index contributed by atoms with van der Waals surface area (Å²) in [5.41, 5.74) is 3.69. The Bertz CT molecular complexity index is 400. The van der Waals surface area contributed by atoms with Crippen LogP contribution in [0.3, 0.4) is 0 Å². The summed E-state index contributed by atoms with van der Waals surface area (Å²) in [5.74, 6) is 7.82. The van der Waals surface area contributed by atoms with Crippen molar-refractivity contribution in [3.63, 3.8) is 0 Å². The molecule has 0 unspecified atom stereocenters. The number of hydrogen-bond acceptors (Lipinski definition) is 6. The fraction of sp³-hybridized carbons (Fsp3) is 0.692. The van der Waals surface area contributed by atoms with E-state index in [1.807, 2.05) is 0 Å². The molecule has 0 amide bonds. The number of hydrogen-bond donors (Lipinski definition) is 3. The first-order chi connectivity index (χ1) is 9.24. The largest absolute Gasteiger partial charge is 0.369 e. The highest BCUT2D eigenvalue weighted by Gasteiger charge is 2.17. The van der Waals surface area contributed by atoms with Crippen molar-refractivity contribution in [3.05, 3.63) is 11.9 Å². The maximum atomic E-state index is 5.48. The van der Waals surface area contributed by atoms with Crippen LogP contribution in [-0.4, -0.2) is 41.5 Å². The zero-order valence-electron chi connectivity index (χ0n) is 11.8. The third-order valence-electron chi connectivity index (χ3n) is 3.83. The number of nitrogens with zero attached hydrogens (tertiary/aromatic N) is 3. The van der Waals surface area contributed by atoms with E-state index in [2.05, 4.69) is 39.6 Å². The van der Waals surface area contributed by atoms with Gasteiger partial charge in [0.15, 0.2) is 0 Å². The average Bonchev–Trinajstić information content (AvgIpc) is 2.46. The minimum atomic E-state index is 0.711. The summed E-state index contributed by atoms with van der Waals surface area (Å²) < 4.78 is 0. The Labute approximate surface area is 114 Å². The van der Waals surface area contributed by atoms with Crippen LogP contribution in [0.15, 0.2) is 6.33 Å². The highest BCUT2D eigenvalue weighted by atomic mass is 15.3. The van der Waals surface area contributed by atoms with E-state index in [0.717, 1.165) is 30.3 Å². The van der Waals surface area contributed by atoms with Gasteiger partial charge in [-0.05, 0) is 45.3 Å². The quantitative estimate of drug-likeness (QED) is 0.545. The van der Waals surface area contributed by atoms with Gasteiger partial charge in [0.05, 0.1) is 0 Å². The van der Waals surface area contributed by atoms with E-state index in [4.69, 9.17) is 5.84 Å². The van der Waals surface area contributed by atoms with Crippen molar-refractivity contribution in [2.75, 3.05) is 37.4 Å². The third-order valence-corrected chi connectivity index (χ3v) is 3.83. The van der Waals surface area contributed by atoms with Crippen molar-refractivity contribution < 1.29 is 0 Å². The summed E-state index contributed by atoms with van der Waals surface area (Å²) in [6, 6.07) is 0. The molecule has 1 saturated heterocycles. The zero-order valence-corrected chi connectivity index (χ0v) is 11.8. The first-order valence-electron chi connectivity index (χ1n) is 6.97. The minimum absolute atomic E-state index is 0.711. The van der Waals surface area contributed by atoms with E-state index < -0.39 is 0 Å². The van der Waals surface area contributed by atoms with Crippen LogP contribution in [0.2, 0.25) is 0 Å². The van der Waals surface area contributed by atoms with Gasteiger partial charge in [-0.2, -0.15) is 0 Å². The van der Waals surface area contributed by atoms with Crippen molar-refractivity contribution in [1.82, 2.24) is 14.9 Å². The molecule has 0 bridgehead atoms. The first-order valence-corrected chi connectivity index (χ1v) is 6.97. The smallest absolute Gasteiger partial charge is 0.148 e. The van der Waals surface area contributed by atoms with Crippen LogP contribution in [0.4, 0.5) is 11.6 Å². The molecule has 1 aromatic rings. The van der Waals surface area contributed by atoms with Crippen LogP contribution < -0.4 is 16.6 Å². The number of hydrazine groups is 1. The third kappa shape index (κ3) is 3.54. The van der Waals surface area contributed by atoms with Crippen LogP contribution in [0.25, 0.3) is 0 Å². The average molecular weight is 264 g/mol. The first kappa shape index (κ1) is 14.0. The summed E-state index contributed by atoms with van der Waals surface area (Å²) in [5, 5.41) is 3.46. The summed E-state index contributed by atoms with van der Waals surface area (Å²) in [7, 11) is 2.18. The van der Waals surface area contributed by atoms with Crippen molar-refractivity contribution in [2.24, 2.45) is 11.8 Å². The second-order valence-electron chi connectivity index (χ2n) is 5.17. The number of likely N-dealkylation sites (tertiary alicyclic amines) is 1. The molecule has 4 N–H and O–H groups in total. The van der Waals surface area contributed by atoms with Crippen LogP contribution >= 0.6 is 0 Å². The van der Waals surface area contributed by atoms with Gasteiger partial charge in [-0.15, -0.1) is 0 Å². The lowest BCUT2D eigenvalue weighted by Gasteiger charge is -2.29. The van der Waals surface area contributed by atoms with Crippen molar-refractivity contribution >= 4 is 11.6 Å². The lowest BCUT2D eigenvalue weighted by atomic mass is 9.97. The van der Waals surface area contributed by atoms with E-state index in [9.17, 15) is 0 Å². The molecule has 1 aliphatic heterocycles. The Morgan fingerprint density at radius 1 is 1.32 bits per heavy atom. The molecule has 1 aromatic heterocycles.